The smallest absolute Gasteiger partial charge is 0.128 e. The van der Waals surface area contributed by atoms with E-state index in [2.05, 4.69) is 27.6 Å². The van der Waals surface area contributed by atoms with Crippen LogP contribution in [0.15, 0.2) is 36.7 Å². The third-order valence-corrected chi connectivity index (χ3v) is 2.51. The van der Waals surface area contributed by atoms with Crippen LogP contribution in [0.5, 0.6) is 0 Å². The van der Waals surface area contributed by atoms with Gasteiger partial charge in [0.15, 0.2) is 0 Å². The first-order chi connectivity index (χ1) is 8.88. The second-order valence-corrected chi connectivity index (χ2v) is 4.03. The van der Waals surface area contributed by atoms with Crippen LogP contribution in [-0.2, 0) is 6.54 Å². The minimum absolute atomic E-state index is 0.811. The van der Waals surface area contributed by atoms with E-state index in [-0.39, 0.29) is 0 Å². The van der Waals surface area contributed by atoms with Crippen LogP contribution >= 0.6 is 0 Å². The van der Waals surface area contributed by atoms with Gasteiger partial charge in [-0.25, -0.2) is 4.98 Å². The number of pyridine rings is 1. The predicted molar refractivity (Wildman–Crippen MR) is 73.7 cm³/mol. The van der Waals surface area contributed by atoms with Gasteiger partial charge in [-0.1, -0.05) is 13.0 Å². The maximum atomic E-state index is 4.48. The summed E-state index contributed by atoms with van der Waals surface area (Å²) in [6, 6.07) is 7.88. The largest absolute Gasteiger partial charge is 0.370 e. The highest BCUT2D eigenvalue weighted by molar-refractivity contribution is 5.44. The molecule has 0 spiro atoms. The summed E-state index contributed by atoms with van der Waals surface area (Å²) in [6.45, 7) is 4.73. The van der Waals surface area contributed by atoms with Crippen LogP contribution in [0.4, 0.5) is 11.6 Å². The van der Waals surface area contributed by atoms with E-state index in [1.165, 1.54) is 0 Å². The quantitative estimate of drug-likeness (QED) is 0.785. The van der Waals surface area contributed by atoms with Crippen LogP contribution in [0.2, 0.25) is 0 Å². The zero-order chi connectivity index (χ0) is 12.6. The number of hydrogen-bond acceptors (Lipinski definition) is 4. The van der Waals surface area contributed by atoms with E-state index >= 15 is 0 Å². The molecule has 0 aliphatic carbocycles. The Kier molecular flexibility index (Phi) is 4.58. The zero-order valence-electron chi connectivity index (χ0n) is 10.6. The normalized spacial score (nSPS) is 10.3. The Bertz CT molecular complexity index is 452. The van der Waals surface area contributed by atoms with Gasteiger partial charge in [0.2, 0.25) is 0 Å². The van der Waals surface area contributed by atoms with Gasteiger partial charge in [0, 0.05) is 25.5 Å². The minimum Gasteiger partial charge on any atom is -0.370 e. The van der Waals surface area contributed by atoms with Crippen LogP contribution in [0.25, 0.3) is 0 Å². The third kappa shape index (κ3) is 3.76. The van der Waals surface area contributed by atoms with Gasteiger partial charge in [-0.3, -0.25) is 4.68 Å². The lowest BCUT2D eigenvalue weighted by Gasteiger charge is -2.08. The monoisotopic (exact) mass is 245 g/mol. The lowest BCUT2D eigenvalue weighted by molar-refractivity contribution is 0.637. The van der Waals surface area contributed by atoms with Crippen molar-refractivity contribution in [3.63, 3.8) is 0 Å². The molecule has 0 saturated carbocycles. The van der Waals surface area contributed by atoms with Crippen molar-refractivity contribution >= 4 is 11.6 Å². The first kappa shape index (κ1) is 12.4. The number of aromatic nitrogens is 3. The highest BCUT2D eigenvalue weighted by Gasteiger charge is 1.96. The SMILES string of the molecule is CCCNc1cccc(NCCn2cccn2)n1. The maximum absolute atomic E-state index is 4.48. The molecule has 5 nitrogen and oxygen atoms in total. The van der Waals surface area contributed by atoms with Gasteiger partial charge in [0.1, 0.15) is 11.6 Å². The Morgan fingerprint density at radius 1 is 1.11 bits per heavy atom. The van der Waals surface area contributed by atoms with Gasteiger partial charge in [-0.15, -0.1) is 0 Å². The minimum atomic E-state index is 0.811. The molecule has 2 aromatic heterocycles. The molecule has 5 heteroatoms. The molecule has 0 bridgehead atoms. The Labute approximate surface area is 107 Å². The molecule has 0 aromatic carbocycles. The Morgan fingerprint density at radius 2 is 1.89 bits per heavy atom. The van der Waals surface area contributed by atoms with E-state index < -0.39 is 0 Å². The lowest BCUT2D eigenvalue weighted by Crippen LogP contribution is -2.12. The predicted octanol–water partition coefficient (Wildman–Crippen LogP) is 2.21. The van der Waals surface area contributed by atoms with Crippen molar-refractivity contribution in [2.75, 3.05) is 23.7 Å². The highest BCUT2D eigenvalue weighted by Crippen LogP contribution is 2.08. The molecule has 2 rings (SSSR count). The van der Waals surface area contributed by atoms with Crippen LogP contribution in [0.1, 0.15) is 13.3 Å². The first-order valence-electron chi connectivity index (χ1n) is 6.30. The second-order valence-electron chi connectivity index (χ2n) is 4.03. The summed E-state index contributed by atoms with van der Waals surface area (Å²) in [7, 11) is 0. The fraction of sp³-hybridized carbons (Fsp3) is 0.385. The third-order valence-electron chi connectivity index (χ3n) is 2.51. The average molecular weight is 245 g/mol. The molecular formula is C13H19N5. The van der Waals surface area contributed by atoms with Crippen molar-refractivity contribution in [3.05, 3.63) is 36.7 Å². The Morgan fingerprint density at radius 3 is 2.56 bits per heavy atom. The summed E-state index contributed by atoms with van der Waals surface area (Å²) in [5, 5.41) is 10.7. The fourth-order valence-corrected chi connectivity index (χ4v) is 1.62. The van der Waals surface area contributed by atoms with Crippen molar-refractivity contribution in [2.24, 2.45) is 0 Å². The Hall–Kier alpha value is -2.04. The van der Waals surface area contributed by atoms with Gasteiger partial charge >= 0.3 is 0 Å². The van der Waals surface area contributed by atoms with Crippen molar-refractivity contribution in [1.29, 1.82) is 0 Å². The van der Waals surface area contributed by atoms with E-state index in [9.17, 15) is 0 Å². The second kappa shape index (κ2) is 6.64. The molecule has 0 aliphatic rings. The molecule has 0 radical (unpaired) electrons. The molecule has 0 amide bonds. The summed E-state index contributed by atoms with van der Waals surface area (Å²) in [6.07, 6.45) is 4.83. The first-order valence-corrected chi connectivity index (χ1v) is 6.30. The van der Waals surface area contributed by atoms with Crippen molar-refractivity contribution in [2.45, 2.75) is 19.9 Å². The van der Waals surface area contributed by atoms with Gasteiger partial charge < -0.3 is 10.6 Å². The van der Waals surface area contributed by atoms with Gasteiger partial charge in [0.05, 0.1) is 6.54 Å². The van der Waals surface area contributed by atoms with Crippen molar-refractivity contribution < 1.29 is 0 Å². The van der Waals surface area contributed by atoms with E-state index in [1.807, 2.05) is 35.1 Å². The molecule has 0 fully saturated rings. The molecule has 18 heavy (non-hydrogen) atoms. The average Bonchev–Trinajstić information content (AvgIpc) is 2.90. The molecule has 0 aliphatic heterocycles. The molecule has 2 N–H and O–H groups in total. The number of nitrogens with zero attached hydrogens (tertiary/aromatic N) is 3. The van der Waals surface area contributed by atoms with Crippen LogP contribution in [-0.4, -0.2) is 27.9 Å². The van der Waals surface area contributed by atoms with Gasteiger partial charge in [-0.05, 0) is 24.6 Å². The Balaban J connectivity index is 1.81. The van der Waals surface area contributed by atoms with E-state index in [1.54, 1.807) is 6.20 Å². The zero-order valence-corrected chi connectivity index (χ0v) is 10.6. The van der Waals surface area contributed by atoms with E-state index in [0.717, 1.165) is 37.7 Å². The van der Waals surface area contributed by atoms with E-state index in [0.29, 0.717) is 0 Å². The van der Waals surface area contributed by atoms with Crippen molar-refractivity contribution in [3.8, 4) is 0 Å². The molecule has 2 aromatic rings. The van der Waals surface area contributed by atoms with E-state index in [4.69, 9.17) is 0 Å². The van der Waals surface area contributed by atoms with Crippen LogP contribution in [0, 0.1) is 0 Å². The van der Waals surface area contributed by atoms with Crippen molar-refractivity contribution in [1.82, 2.24) is 14.8 Å². The maximum Gasteiger partial charge on any atom is 0.128 e. The lowest BCUT2D eigenvalue weighted by atomic mass is 10.4. The summed E-state index contributed by atoms with van der Waals surface area (Å²) in [4.78, 5) is 4.48. The highest BCUT2D eigenvalue weighted by atomic mass is 15.3. The number of anilines is 2. The number of nitrogens with one attached hydrogen (secondary N) is 2. The molecule has 0 unspecified atom stereocenters. The summed E-state index contributed by atoms with van der Waals surface area (Å²) < 4.78 is 1.90. The summed E-state index contributed by atoms with van der Waals surface area (Å²) in [5.74, 6) is 1.81. The molecule has 0 atom stereocenters. The fourth-order valence-electron chi connectivity index (χ4n) is 1.62. The number of rotatable bonds is 7. The van der Waals surface area contributed by atoms with Gasteiger partial charge in [0.25, 0.3) is 0 Å². The molecular weight excluding hydrogens is 226 g/mol. The molecule has 2 heterocycles. The summed E-state index contributed by atoms with van der Waals surface area (Å²) in [5.41, 5.74) is 0. The van der Waals surface area contributed by atoms with Crippen LogP contribution in [0.3, 0.4) is 0 Å². The standard InChI is InChI=1S/C13H19N5/c1-2-7-14-12-5-3-6-13(17-12)15-9-11-18-10-4-8-16-18/h3-6,8,10H,2,7,9,11H2,1H3,(H2,14,15,17). The topological polar surface area (TPSA) is 54.8 Å². The van der Waals surface area contributed by atoms with Gasteiger partial charge in [-0.2, -0.15) is 5.10 Å². The summed E-state index contributed by atoms with van der Waals surface area (Å²) >= 11 is 0. The molecule has 0 saturated heterocycles. The number of hydrogen-bond donors (Lipinski definition) is 2. The molecule has 96 valence electrons. The van der Waals surface area contributed by atoms with Crippen LogP contribution < -0.4 is 10.6 Å².